The van der Waals surface area contributed by atoms with Gasteiger partial charge in [-0.25, -0.2) is 0 Å². The summed E-state index contributed by atoms with van der Waals surface area (Å²) in [5.74, 6) is -0.382. The van der Waals surface area contributed by atoms with E-state index in [1.807, 2.05) is 30.3 Å². The Kier molecular flexibility index (Phi) is 3.71. The molecule has 0 saturated carbocycles. The minimum Gasteiger partial charge on any atom is -0.368 e. The van der Waals surface area contributed by atoms with Gasteiger partial charge >= 0.3 is 0 Å². The number of nitrogens with two attached hydrogens (primary N) is 1. The predicted octanol–water partition coefficient (Wildman–Crippen LogP) is 0.0280. The number of carbonyl (C=O) groups is 1. The number of hydroxylamine groups is 2. The van der Waals surface area contributed by atoms with E-state index in [9.17, 15) is 9.90 Å². The first-order valence-electron chi connectivity index (χ1n) is 6.85. The summed E-state index contributed by atoms with van der Waals surface area (Å²) < 4.78 is 0. The third-order valence-electron chi connectivity index (χ3n) is 4.03. The molecule has 0 aliphatic carbocycles. The molecule has 2 aliphatic rings. The molecule has 0 aromatic heterocycles. The zero-order chi connectivity index (χ0) is 14.1. The first-order chi connectivity index (χ1) is 9.66. The highest BCUT2D eigenvalue weighted by Crippen LogP contribution is 2.32. The van der Waals surface area contributed by atoms with Crippen molar-refractivity contribution in [3.63, 3.8) is 0 Å². The molecule has 1 aromatic rings. The maximum atomic E-state index is 11.4. The van der Waals surface area contributed by atoms with Gasteiger partial charge in [-0.15, -0.1) is 5.06 Å². The molecule has 108 valence electrons. The highest BCUT2D eigenvalue weighted by Gasteiger charge is 2.47. The third kappa shape index (κ3) is 2.43. The van der Waals surface area contributed by atoms with E-state index in [-0.39, 0.29) is 11.9 Å². The zero-order valence-corrected chi connectivity index (χ0v) is 11.2. The molecule has 3 rings (SSSR count). The van der Waals surface area contributed by atoms with Crippen molar-refractivity contribution in [3.8, 4) is 0 Å². The molecule has 2 fully saturated rings. The van der Waals surface area contributed by atoms with Crippen LogP contribution in [0.3, 0.4) is 0 Å². The fourth-order valence-electron chi connectivity index (χ4n) is 2.98. The van der Waals surface area contributed by atoms with Gasteiger partial charge in [-0.1, -0.05) is 30.3 Å². The molecule has 0 radical (unpaired) electrons. The number of hydrogen-bond donors (Lipinski definition) is 2. The second-order valence-corrected chi connectivity index (χ2v) is 5.31. The number of rotatable bonds is 4. The van der Waals surface area contributed by atoms with E-state index < -0.39 is 12.4 Å². The molecular weight excluding hydrogens is 258 g/mol. The molecule has 4 unspecified atom stereocenters. The fraction of sp³-hybridized carbons (Fsp3) is 0.500. The third-order valence-corrected chi connectivity index (χ3v) is 4.03. The molecule has 2 saturated heterocycles. The number of aliphatic hydroxyl groups is 1. The maximum Gasteiger partial charge on any atom is 0.234 e. The van der Waals surface area contributed by atoms with Crippen LogP contribution in [-0.4, -0.2) is 46.0 Å². The number of primary amides is 1. The molecule has 6 nitrogen and oxygen atoms in total. The van der Waals surface area contributed by atoms with Crippen molar-refractivity contribution in [2.24, 2.45) is 5.73 Å². The summed E-state index contributed by atoms with van der Waals surface area (Å²) >= 11 is 0. The van der Waals surface area contributed by atoms with Gasteiger partial charge in [0.25, 0.3) is 0 Å². The van der Waals surface area contributed by atoms with Crippen LogP contribution in [0.25, 0.3) is 0 Å². The second-order valence-electron chi connectivity index (χ2n) is 5.31. The Labute approximate surface area is 117 Å². The number of aliphatic hydroxyl groups excluding tert-OH is 1. The van der Waals surface area contributed by atoms with Crippen LogP contribution in [-0.2, 0) is 16.2 Å². The van der Waals surface area contributed by atoms with E-state index >= 15 is 0 Å². The summed E-state index contributed by atoms with van der Waals surface area (Å²) in [5.41, 5.74) is 6.42. The smallest absolute Gasteiger partial charge is 0.234 e. The van der Waals surface area contributed by atoms with Crippen LogP contribution in [0, 0.1) is 0 Å². The summed E-state index contributed by atoms with van der Waals surface area (Å²) in [6.07, 6.45) is 0.571. The molecule has 4 atom stereocenters. The molecule has 20 heavy (non-hydrogen) atoms. The summed E-state index contributed by atoms with van der Waals surface area (Å²) in [6, 6.07) is 9.51. The van der Waals surface area contributed by atoms with Crippen LogP contribution in [0.2, 0.25) is 0 Å². The number of nitrogens with zero attached hydrogens (tertiary/aromatic N) is 2. The van der Waals surface area contributed by atoms with Gasteiger partial charge in [-0.3, -0.25) is 14.5 Å². The van der Waals surface area contributed by atoms with Crippen molar-refractivity contribution in [2.75, 3.05) is 6.54 Å². The lowest BCUT2D eigenvalue weighted by atomic mass is 10.0. The Balaban J connectivity index is 1.65. The first-order valence-corrected chi connectivity index (χ1v) is 6.85. The van der Waals surface area contributed by atoms with Crippen molar-refractivity contribution in [1.29, 1.82) is 0 Å². The Morgan fingerprint density at radius 2 is 2.10 bits per heavy atom. The van der Waals surface area contributed by atoms with Crippen LogP contribution in [0.1, 0.15) is 18.4 Å². The minimum atomic E-state index is -0.899. The topological polar surface area (TPSA) is 79.0 Å². The fourth-order valence-corrected chi connectivity index (χ4v) is 2.98. The molecule has 1 amide bonds. The lowest BCUT2D eigenvalue weighted by Gasteiger charge is -2.29. The molecule has 0 spiro atoms. The van der Waals surface area contributed by atoms with E-state index in [2.05, 4.69) is 0 Å². The number of fused-ring (bicyclic) bond motifs is 2. The largest absolute Gasteiger partial charge is 0.368 e. The number of hydrogen-bond acceptors (Lipinski definition) is 5. The van der Waals surface area contributed by atoms with E-state index in [1.165, 1.54) is 0 Å². The zero-order valence-electron chi connectivity index (χ0n) is 11.2. The van der Waals surface area contributed by atoms with Crippen molar-refractivity contribution in [1.82, 2.24) is 9.96 Å². The van der Waals surface area contributed by atoms with Gasteiger partial charge in [-0.05, 0) is 18.4 Å². The Morgan fingerprint density at radius 1 is 1.35 bits per heavy atom. The van der Waals surface area contributed by atoms with Crippen LogP contribution in [0.5, 0.6) is 0 Å². The van der Waals surface area contributed by atoms with Gasteiger partial charge in [0.15, 0.2) is 6.35 Å². The molecule has 6 heteroatoms. The molecular formula is C14H19N3O3. The van der Waals surface area contributed by atoms with Crippen LogP contribution >= 0.6 is 0 Å². The first kappa shape index (κ1) is 13.5. The Hall–Kier alpha value is -1.47. The SMILES string of the molecule is NC(=O)C1CCC2CN1C(O)N2OCc1ccccc1. The Bertz CT molecular complexity index is 482. The highest BCUT2D eigenvalue weighted by atomic mass is 16.7. The monoisotopic (exact) mass is 277 g/mol. The van der Waals surface area contributed by atoms with E-state index in [1.54, 1.807) is 9.96 Å². The van der Waals surface area contributed by atoms with Gasteiger partial charge in [0.2, 0.25) is 5.91 Å². The molecule has 2 bridgehead atoms. The van der Waals surface area contributed by atoms with Crippen molar-refractivity contribution >= 4 is 5.91 Å². The minimum absolute atomic E-state index is 0.115. The van der Waals surface area contributed by atoms with Gasteiger partial charge in [0.05, 0.1) is 18.7 Å². The predicted molar refractivity (Wildman–Crippen MR) is 71.8 cm³/mol. The second kappa shape index (κ2) is 5.49. The number of carbonyl (C=O) groups excluding carboxylic acids is 1. The summed E-state index contributed by atoms with van der Waals surface area (Å²) in [5, 5.41) is 11.9. The average Bonchev–Trinajstić information content (AvgIpc) is 2.70. The number of benzene rings is 1. The highest BCUT2D eigenvalue weighted by molar-refractivity contribution is 5.80. The van der Waals surface area contributed by atoms with Gasteiger partial charge in [0.1, 0.15) is 0 Å². The summed E-state index contributed by atoms with van der Waals surface area (Å²) in [7, 11) is 0. The lowest BCUT2D eigenvalue weighted by molar-refractivity contribution is -0.265. The van der Waals surface area contributed by atoms with E-state index in [0.717, 1.165) is 12.0 Å². The van der Waals surface area contributed by atoms with Gasteiger partial charge < -0.3 is 10.8 Å². The molecule has 2 heterocycles. The molecule has 3 N–H and O–H groups in total. The van der Waals surface area contributed by atoms with Gasteiger partial charge in [-0.2, -0.15) is 0 Å². The van der Waals surface area contributed by atoms with Crippen molar-refractivity contribution in [2.45, 2.75) is 37.9 Å². The number of piperidine rings is 1. The maximum absolute atomic E-state index is 11.4. The van der Waals surface area contributed by atoms with Gasteiger partial charge in [0, 0.05) is 6.54 Å². The summed E-state index contributed by atoms with van der Waals surface area (Å²) in [4.78, 5) is 18.8. The van der Waals surface area contributed by atoms with Crippen LogP contribution in [0.15, 0.2) is 30.3 Å². The number of amides is 1. The Morgan fingerprint density at radius 3 is 2.80 bits per heavy atom. The standard InChI is InChI=1S/C14H19N3O3/c15-13(18)12-7-6-11-8-16(12)14(19)17(11)20-9-10-4-2-1-3-5-10/h1-5,11-12,14,19H,6-9H2,(H2,15,18). The van der Waals surface area contributed by atoms with E-state index in [4.69, 9.17) is 10.6 Å². The quantitative estimate of drug-likeness (QED) is 0.811. The van der Waals surface area contributed by atoms with Crippen LogP contribution in [0.4, 0.5) is 0 Å². The molecule has 2 aliphatic heterocycles. The normalized spacial score (nSPS) is 33.2. The van der Waals surface area contributed by atoms with Crippen molar-refractivity contribution < 1.29 is 14.7 Å². The summed E-state index contributed by atoms with van der Waals surface area (Å²) in [6.45, 7) is 1.02. The lowest BCUT2D eigenvalue weighted by Crippen LogP contribution is -2.50. The van der Waals surface area contributed by atoms with Crippen molar-refractivity contribution in [3.05, 3.63) is 35.9 Å². The average molecular weight is 277 g/mol. The molecule has 1 aromatic carbocycles. The van der Waals surface area contributed by atoms with E-state index in [0.29, 0.717) is 19.6 Å². The van der Waals surface area contributed by atoms with Crippen LogP contribution < -0.4 is 5.73 Å².